The number of amidine groups is 1. The van der Waals surface area contributed by atoms with Gasteiger partial charge in [-0.25, -0.2) is 0 Å². The van der Waals surface area contributed by atoms with Crippen LogP contribution in [0.2, 0.25) is 0 Å². The van der Waals surface area contributed by atoms with Crippen LogP contribution in [0.4, 0.5) is 0 Å². The Morgan fingerprint density at radius 3 is 2.39 bits per heavy atom. The van der Waals surface area contributed by atoms with Crippen molar-refractivity contribution < 1.29 is 0 Å². The van der Waals surface area contributed by atoms with E-state index >= 15 is 0 Å². The van der Waals surface area contributed by atoms with Gasteiger partial charge >= 0.3 is 0 Å². The Morgan fingerprint density at radius 2 is 1.83 bits per heavy atom. The minimum absolute atomic E-state index is 0.00210. The van der Waals surface area contributed by atoms with E-state index < -0.39 is 0 Å². The summed E-state index contributed by atoms with van der Waals surface area (Å²) < 4.78 is 0. The number of benzene rings is 1. The molecule has 92 valence electrons. The average Bonchev–Trinajstić information content (AvgIpc) is 2.34. The summed E-state index contributed by atoms with van der Waals surface area (Å²) in [4.78, 5) is 6.38. The predicted molar refractivity (Wildman–Crippen MR) is 75.3 cm³/mol. The molecule has 0 atom stereocenters. The largest absolute Gasteiger partial charge is 0.382 e. The second-order valence-corrected chi connectivity index (χ2v) is 5.29. The summed E-state index contributed by atoms with van der Waals surface area (Å²) >= 11 is 1.66. The van der Waals surface area contributed by atoms with E-state index in [1.807, 2.05) is 6.07 Å². The van der Waals surface area contributed by atoms with E-state index in [2.05, 4.69) is 37.0 Å². The fraction of sp³-hybridized carbons (Fsp3) is 0.143. The van der Waals surface area contributed by atoms with Crippen molar-refractivity contribution in [1.82, 2.24) is 4.98 Å². The number of nitrogens with zero attached hydrogens (tertiary/aromatic N) is 1. The fourth-order valence-electron chi connectivity index (χ4n) is 1.51. The van der Waals surface area contributed by atoms with Crippen molar-refractivity contribution in [2.24, 2.45) is 5.73 Å². The van der Waals surface area contributed by atoms with Crippen molar-refractivity contribution in [3.63, 3.8) is 0 Å². The highest BCUT2D eigenvalue weighted by Gasteiger charge is 2.02. The van der Waals surface area contributed by atoms with Crippen LogP contribution in [0.1, 0.15) is 16.8 Å². The van der Waals surface area contributed by atoms with Crippen molar-refractivity contribution in [3.05, 3.63) is 53.3 Å². The Balaban J connectivity index is 2.18. The number of nitrogens with one attached hydrogen (secondary N) is 1. The van der Waals surface area contributed by atoms with Crippen LogP contribution < -0.4 is 5.73 Å². The molecule has 0 radical (unpaired) electrons. The van der Waals surface area contributed by atoms with E-state index in [0.29, 0.717) is 5.69 Å². The van der Waals surface area contributed by atoms with Crippen LogP contribution in [-0.4, -0.2) is 10.8 Å². The molecule has 0 bridgehead atoms. The fourth-order valence-corrected chi connectivity index (χ4v) is 2.40. The van der Waals surface area contributed by atoms with Crippen molar-refractivity contribution >= 4 is 17.6 Å². The second kappa shape index (κ2) is 5.23. The smallest absolute Gasteiger partial charge is 0.141 e. The van der Waals surface area contributed by atoms with Crippen LogP contribution in [0.3, 0.4) is 0 Å². The summed E-state index contributed by atoms with van der Waals surface area (Å²) in [7, 11) is 0. The molecule has 0 unspecified atom stereocenters. The van der Waals surface area contributed by atoms with E-state index in [1.54, 1.807) is 24.0 Å². The van der Waals surface area contributed by atoms with Crippen LogP contribution in [0.15, 0.2) is 46.3 Å². The average molecular weight is 257 g/mol. The van der Waals surface area contributed by atoms with Crippen LogP contribution in [0.5, 0.6) is 0 Å². The Morgan fingerprint density at radius 1 is 1.11 bits per heavy atom. The molecular formula is C14H15N3S. The third kappa shape index (κ3) is 2.90. The van der Waals surface area contributed by atoms with Gasteiger partial charge in [0.25, 0.3) is 0 Å². The van der Waals surface area contributed by atoms with Gasteiger partial charge in [0, 0.05) is 16.0 Å². The summed E-state index contributed by atoms with van der Waals surface area (Å²) in [5, 5.41) is 7.29. The molecule has 0 amide bonds. The standard InChI is InChI=1S/C14H15N3S/c1-9-3-4-11(7-10(9)2)18-12-5-6-13(14(15)16)17-8-12/h3-8H,1-2H3,(H3,15,16). The van der Waals surface area contributed by atoms with Gasteiger partial charge in [0.2, 0.25) is 0 Å². The highest BCUT2D eigenvalue weighted by Crippen LogP contribution is 2.28. The number of rotatable bonds is 3. The van der Waals surface area contributed by atoms with Gasteiger partial charge in [0.1, 0.15) is 11.5 Å². The third-order valence-electron chi connectivity index (χ3n) is 2.73. The van der Waals surface area contributed by atoms with E-state index in [4.69, 9.17) is 11.1 Å². The molecule has 0 fully saturated rings. The van der Waals surface area contributed by atoms with Gasteiger partial charge in [0.15, 0.2) is 0 Å². The van der Waals surface area contributed by atoms with Gasteiger partial charge in [-0.05, 0) is 49.2 Å². The minimum Gasteiger partial charge on any atom is -0.382 e. The maximum atomic E-state index is 7.29. The summed E-state index contributed by atoms with van der Waals surface area (Å²) in [5.41, 5.74) is 8.46. The molecular weight excluding hydrogens is 242 g/mol. The number of aryl methyl sites for hydroxylation is 2. The molecule has 3 N–H and O–H groups in total. The zero-order valence-corrected chi connectivity index (χ0v) is 11.2. The molecule has 1 aromatic carbocycles. The number of nitrogens with two attached hydrogens (primary N) is 1. The van der Waals surface area contributed by atoms with E-state index in [0.717, 1.165) is 4.90 Å². The van der Waals surface area contributed by atoms with Gasteiger partial charge < -0.3 is 5.73 Å². The molecule has 3 nitrogen and oxygen atoms in total. The highest BCUT2D eigenvalue weighted by molar-refractivity contribution is 7.99. The summed E-state index contributed by atoms with van der Waals surface area (Å²) in [6.45, 7) is 4.21. The minimum atomic E-state index is -0.00210. The second-order valence-electron chi connectivity index (χ2n) is 4.14. The van der Waals surface area contributed by atoms with Crippen molar-refractivity contribution in [1.29, 1.82) is 5.41 Å². The molecule has 1 aromatic heterocycles. The summed E-state index contributed by atoms with van der Waals surface area (Å²) in [6, 6.07) is 10.1. The molecule has 2 aromatic rings. The van der Waals surface area contributed by atoms with E-state index in [1.165, 1.54) is 16.0 Å². The number of aromatic nitrogens is 1. The van der Waals surface area contributed by atoms with Crippen molar-refractivity contribution in [2.75, 3.05) is 0 Å². The van der Waals surface area contributed by atoms with Gasteiger partial charge in [0.05, 0.1) is 0 Å². The molecule has 2 rings (SSSR count). The SMILES string of the molecule is Cc1ccc(Sc2ccc(C(=N)N)nc2)cc1C. The van der Waals surface area contributed by atoms with Crippen LogP contribution in [0.25, 0.3) is 0 Å². The number of pyridine rings is 1. The summed E-state index contributed by atoms with van der Waals surface area (Å²) in [6.07, 6.45) is 1.75. The molecule has 0 aliphatic carbocycles. The Labute approximate surface area is 111 Å². The molecule has 1 heterocycles. The maximum absolute atomic E-state index is 7.29. The lowest BCUT2D eigenvalue weighted by Gasteiger charge is -2.05. The lowest BCUT2D eigenvalue weighted by Crippen LogP contribution is -2.12. The van der Waals surface area contributed by atoms with Gasteiger partial charge in [-0.2, -0.15) is 0 Å². The van der Waals surface area contributed by atoms with Crippen molar-refractivity contribution in [2.45, 2.75) is 23.6 Å². The zero-order chi connectivity index (χ0) is 13.1. The van der Waals surface area contributed by atoms with Gasteiger partial charge in [-0.1, -0.05) is 17.8 Å². The monoisotopic (exact) mass is 257 g/mol. The Hall–Kier alpha value is -1.81. The van der Waals surface area contributed by atoms with Crippen LogP contribution in [0, 0.1) is 19.3 Å². The molecule has 0 aliphatic rings. The molecule has 4 heteroatoms. The van der Waals surface area contributed by atoms with Gasteiger partial charge in [-0.3, -0.25) is 10.4 Å². The first-order chi connectivity index (χ1) is 8.56. The first-order valence-electron chi connectivity index (χ1n) is 5.62. The topological polar surface area (TPSA) is 62.8 Å². The number of nitrogen functional groups attached to an aromatic ring is 1. The maximum Gasteiger partial charge on any atom is 0.141 e. The van der Waals surface area contributed by atoms with Crippen molar-refractivity contribution in [3.8, 4) is 0 Å². The Bertz CT molecular complexity index is 576. The van der Waals surface area contributed by atoms with E-state index in [9.17, 15) is 0 Å². The number of hydrogen-bond donors (Lipinski definition) is 2. The van der Waals surface area contributed by atoms with Crippen LogP contribution in [-0.2, 0) is 0 Å². The third-order valence-corrected chi connectivity index (χ3v) is 3.69. The summed E-state index contributed by atoms with van der Waals surface area (Å²) in [5.74, 6) is -0.00210. The molecule has 0 saturated carbocycles. The molecule has 0 saturated heterocycles. The predicted octanol–water partition coefficient (Wildman–Crippen LogP) is 3.13. The normalized spacial score (nSPS) is 10.3. The lowest BCUT2D eigenvalue weighted by molar-refractivity contribution is 1.19. The highest BCUT2D eigenvalue weighted by atomic mass is 32.2. The molecule has 0 aliphatic heterocycles. The number of hydrogen-bond acceptors (Lipinski definition) is 3. The quantitative estimate of drug-likeness (QED) is 0.656. The Kier molecular flexibility index (Phi) is 3.67. The van der Waals surface area contributed by atoms with Crippen LogP contribution >= 0.6 is 11.8 Å². The molecule has 0 spiro atoms. The first-order valence-corrected chi connectivity index (χ1v) is 6.43. The zero-order valence-electron chi connectivity index (χ0n) is 10.4. The van der Waals surface area contributed by atoms with E-state index in [-0.39, 0.29) is 5.84 Å². The first kappa shape index (κ1) is 12.6. The molecule has 18 heavy (non-hydrogen) atoms. The lowest BCUT2D eigenvalue weighted by atomic mass is 10.1. The van der Waals surface area contributed by atoms with Gasteiger partial charge in [-0.15, -0.1) is 0 Å².